The Morgan fingerprint density at radius 1 is 1.57 bits per heavy atom. The van der Waals surface area contributed by atoms with Gasteiger partial charge in [0.1, 0.15) is 4.90 Å². The van der Waals surface area contributed by atoms with Crippen LogP contribution in [0.1, 0.15) is 19.3 Å². The minimum absolute atomic E-state index is 0.0787. The van der Waals surface area contributed by atoms with E-state index in [0.29, 0.717) is 0 Å². The second kappa shape index (κ2) is 3.55. The van der Waals surface area contributed by atoms with Gasteiger partial charge in [0.05, 0.1) is 6.20 Å². The maximum Gasteiger partial charge on any atom is 0.264 e. The molecular formula is C8H11ClN2O2S. The van der Waals surface area contributed by atoms with Gasteiger partial charge in [-0.15, -0.1) is 0 Å². The smallest absolute Gasteiger partial charge is 0.264 e. The summed E-state index contributed by atoms with van der Waals surface area (Å²) in [6.45, 7) is 0.775. The van der Waals surface area contributed by atoms with Crippen molar-refractivity contribution in [1.82, 2.24) is 9.78 Å². The number of halogens is 1. The monoisotopic (exact) mass is 234 g/mol. The molecule has 0 unspecified atom stereocenters. The Hall–Kier alpha value is -0.550. The third-order valence-electron chi connectivity index (χ3n) is 2.35. The Bertz CT molecular complexity index is 422. The van der Waals surface area contributed by atoms with E-state index in [2.05, 4.69) is 5.10 Å². The van der Waals surface area contributed by atoms with Crippen LogP contribution in [0.5, 0.6) is 0 Å². The van der Waals surface area contributed by atoms with Gasteiger partial charge in [-0.25, -0.2) is 8.42 Å². The molecule has 1 aromatic rings. The largest absolute Gasteiger partial charge is 0.271 e. The predicted molar refractivity (Wildman–Crippen MR) is 52.6 cm³/mol. The molecule has 1 fully saturated rings. The van der Waals surface area contributed by atoms with Gasteiger partial charge < -0.3 is 0 Å². The molecule has 0 radical (unpaired) electrons. The molecule has 1 saturated carbocycles. The molecule has 1 aromatic heterocycles. The molecule has 1 aliphatic carbocycles. The van der Waals surface area contributed by atoms with Crippen LogP contribution in [0.25, 0.3) is 0 Å². The SMILES string of the molecule is O=S(=O)(Cl)c1cnn(CCC2CC2)c1. The average molecular weight is 235 g/mol. The van der Waals surface area contributed by atoms with E-state index in [1.807, 2.05) is 0 Å². The summed E-state index contributed by atoms with van der Waals surface area (Å²) in [5.74, 6) is 0.815. The lowest BCUT2D eigenvalue weighted by molar-refractivity contribution is 0.545. The third-order valence-corrected chi connectivity index (χ3v) is 3.66. The average Bonchev–Trinajstić information content (AvgIpc) is 2.77. The van der Waals surface area contributed by atoms with Crippen molar-refractivity contribution in [2.45, 2.75) is 30.7 Å². The molecule has 6 heteroatoms. The van der Waals surface area contributed by atoms with Crippen molar-refractivity contribution in [1.29, 1.82) is 0 Å². The van der Waals surface area contributed by atoms with Crippen LogP contribution in [0.2, 0.25) is 0 Å². The normalized spacial score (nSPS) is 17.2. The Morgan fingerprint density at radius 3 is 2.79 bits per heavy atom. The van der Waals surface area contributed by atoms with Crippen molar-refractivity contribution in [2.75, 3.05) is 0 Å². The van der Waals surface area contributed by atoms with Crippen molar-refractivity contribution in [3.05, 3.63) is 12.4 Å². The fourth-order valence-corrected chi connectivity index (χ4v) is 1.97. The van der Waals surface area contributed by atoms with E-state index in [9.17, 15) is 8.42 Å². The molecule has 0 aromatic carbocycles. The van der Waals surface area contributed by atoms with Crippen LogP contribution in [0.3, 0.4) is 0 Å². The minimum atomic E-state index is -3.62. The first-order valence-electron chi connectivity index (χ1n) is 4.53. The van der Waals surface area contributed by atoms with Crippen LogP contribution >= 0.6 is 10.7 Å². The van der Waals surface area contributed by atoms with E-state index in [1.165, 1.54) is 25.2 Å². The highest BCUT2D eigenvalue weighted by molar-refractivity contribution is 8.13. The molecule has 0 bridgehead atoms. The van der Waals surface area contributed by atoms with Crippen molar-refractivity contribution < 1.29 is 8.42 Å². The number of aromatic nitrogens is 2. The Morgan fingerprint density at radius 2 is 2.29 bits per heavy atom. The topological polar surface area (TPSA) is 52.0 Å². The van der Waals surface area contributed by atoms with Gasteiger partial charge >= 0.3 is 0 Å². The van der Waals surface area contributed by atoms with Crippen LogP contribution in [0.15, 0.2) is 17.3 Å². The summed E-state index contributed by atoms with van der Waals surface area (Å²) in [7, 11) is 1.55. The van der Waals surface area contributed by atoms with Gasteiger partial charge in [-0.1, -0.05) is 12.8 Å². The summed E-state index contributed by atoms with van der Waals surface area (Å²) in [6.07, 6.45) is 6.42. The summed E-state index contributed by atoms with van der Waals surface area (Å²) in [4.78, 5) is 0.0787. The molecule has 0 spiro atoms. The quantitative estimate of drug-likeness (QED) is 0.744. The van der Waals surface area contributed by atoms with E-state index in [-0.39, 0.29) is 4.90 Å². The van der Waals surface area contributed by atoms with Crippen LogP contribution in [0, 0.1) is 5.92 Å². The lowest BCUT2D eigenvalue weighted by Crippen LogP contribution is -1.98. The highest BCUT2D eigenvalue weighted by Crippen LogP contribution is 2.32. The number of aryl methyl sites for hydroxylation is 1. The summed E-state index contributed by atoms with van der Waals surface area (Å²) >= 11 is 0. The highest BCUT2D eigenvalue weighted by atomic mass is 35.7. The van der Waals surface area contributed by atoms with Gasteiger partial charge in [0.25, 0.3) is 9.05 Å². The predicted octanol–water partition coefficient (Wildman–Crippen LogP) is 1.61. The fourth-order valence-electron chi connectivity index (χ4n) is 1.31. The number of hydrogen-bond acceptors (Lipinski definition) is 3. The third kappa shape index (κ3) is 2.48. The minimum Gasteiger partial charge on any atom is -0.271 e. The molecule has 1 aliphatic rings. The molecule has 4 nitrogen and oxygen atoms in total. The van der Waals surface area contributed by atoms with Crippen LogP contribution < -0.4 is 0 Å². The molecule has 0 saturated heterocycles. The summed E-state index contributed by atoms with van der Waals surface area (Å²) in [6, 6.07) is 0. The lowest BCUT2D eigenvalue weighted by atomic mass is 10.3. The summed E-state index contributed by atoms with van der Waals surface area (Å²) in [5.41, 5.74) is 0. The highest BCUT2D eigenvalue weighted by Gasteiger charge is 2.21. The van der Waals surface area contributed by atoms with Crippen LogP contribution in [-0.2, 0) is 15.6 Å². The molecule has 2 rings (SSSR count). The van der Waals surface area contributed by atoms with Gasteiger partial charge in [-0.2, -0.15) is 5.10 Å². The van der Waals surface area contributed by atoms with Gasteiger partial charge in [0, 0.05) is 23.4 Å². The van der Waals surface area contributed by atoms with E-state index >= 15 is 0 Å². The zero-order valence-corrected chi connectivity index (χ0v) is 9.13. The number of rotatable bonds is 4. The van der Waals surface area contributed by atoms with E-state index in [4.69, 9.17) is 10.7 Å². The first-order chi connectivity index (χ1) is 6.55. The first-order valence-corrected chi connectivity index (χ1v) is 6.84. The Labute approximate surface area is 87.3 Å². The molecular weight excluding hydrogens is 224 g/mol. The van der Waals surface area contributed by atoms with Crippen molar-refractivity contribution in [3.8, 4) is 0 Å². The Balaban J connectivity index is 2.01. The van der Waals surface area contributed by atoms with Crippen molar-refractivity contribution >= 4 is 19.7 Å². The van der Waals surface area contributed by atoms with Crippen molar-refractivity contribution in [2.24, 2.45) is 5.92 Å². The lowest BCUT2D eigenvalue weighted by Gasteiger charge is -1.97. The maximum absolute atomic E-state index is 10.9. The van der Waals surface area contributed by atoms with Gasteiger partial charge in [-0.05, 0) is 12.3 Å². The van der Waals surface area contributed by atoms with Gasteiger partial charge in [0.2, 0.25) is 0 Å². The molecule has 0 atom stereocenters. The van der Waals surface area contributed by atoms with E-state index in [0.717, 1.165) is 18.9 Å². The summed E-state index contributed by atoms with van der Waals surface area (Å²) in [5, 5.41) is 3.94. The second-order valence-corrected chi connectivity index (χ2v) is 6.17. The standard InChI is InChI=1S/C8H11ClN2O2S/c9-14(12,13)8-5-10-11(6-8)4-3-7-1-2-7/h5-7H,1-4H2. The van der Waals surface area contributed by atoms with E-state index < -0.39 is 9.05 Å². The molecule has 1 heterocycles. The van der Waals surface area contributed by atoms with Crippen LogP contribution in [0.4, 0.5) is 0 Å². The zero-order valence-electron chi connectivity index (χ0n) is 7.56. The van der Waals surface area contributed by atoms with Crippen LogP contribution in [-0.4, -0.2) is 18.2 Å². The van der Waals surface area contributed by atoms with Crippen molar-refractivity contribution in [3.63, 3.8) is 0 Å². The maximum atomic E-state index is 10.9. The summed E-state index contributed by atoms with van der Waals surface area (Å²) < 4.78 is 23.5. The number of nitrogens with zero attached hydrogens (tertiary/aromatic N) is 2. The van der Waals surface area contributed by atoms with Gasteiger partial charge in [0.15, 0.2) is 0 Å². The molecule has 0 aliphatic heterocycles. The fraction of sp³-hybridized carbons (Fsp3) is 0.625. The molecule has 0 amide bonds. The van der Waals surface area contributed by atoms with Gasteiger partial charge in [-0.3, -0.25) is 4.68 Å². The first kappa shape index (κ1) is 9.98. The molecule has 14 heavy (non-hydrogen) atoms. The second-order valence-electron chi connectivity index (χ2n) is 3.61. The Kier molecular flexibility index (Phi) is 2.53. The zero-order chi connectivity index (χ0) is 10.2. The number of hydrogen-bond donors (Lipinski definition) is 0. The molecule has 0 N–H and O–H groups in total. The van der Waals surface area contributed by atoms with E-state index in [1.54, 1.807) is 4.68 Å². The molecule has 78 valence electrons.